The molecule has 21 heavy (non-hydrogen) atoms. The van der Waals surface area contributed by atoms with Gasteiger partial charge in [-0.05, 0) is 51.4 Å². The highest BCUT2D eigenvalue weighted by atomic mass is 15.3. The van der Waals surface area contributed by atoms with Crippen LogP contribution in [0.2, 0.25) is 0 Å². The third kappa shape index (κ3) is 3.46. The van der Waals surface area contributed by atoms with Crippen molar-refractivity contribution in [3.63, 3.8) is 0 Å². The highest BCUT2D eigenvalue weighted by Crippen LogP contribution is 2.46. The lowest BCUT2D eigenvalue weighted by Crippen LogP contribution is -2.66. The molecule has 3 heteroatoms. The van der Waals surface area contributed by atoms with Crippen LogP contribution < -0.4 is 5.73 Å². The Hall–Kier alpha value is -0.120. The summed E-state index contributed by atoms with van der Waals surface area (Å²) in [7, 11) is 0. The highest BCUT2D eigenvalue weighted by Gasteiger charge is 2.47. The Kier molecular flexibility index (Phi) is 4.78. The Morgan fingerprint density at radius 1 is 1.05 bits per heavy atom. The van der Waals surface area contributed by atoms with E-state index in [2.05, 4.69) is 51.3 Å². The van der Waals surface area contributed by atoms with E-state index in [1.165, 1.54) is 45.4 Å². The molecular formula is C18H37N3. The molecule has 2 fully saturated rings. The Balaban J connectivity index is 2.06. The molecule has 0 radical (unpaired) electrons. The van der Waals surface area contributed by atoms with Gasteiger partial charge in [-0.25, -0.2) is 0 Å². The normalized spacial score (nSPS) is 35.9. The summed E-state index contributed by atoms with van der Waals surface area (Å²) in [5.74, 6) is 0.701. The molecule has 124 valence electrons. The fraction of sp³-hybridized carbons (Fsp3) is 1.00. The third-order valence-electron chi connectivity index (χ3n) is 6.22. The van der Waals surface area contributed by atoms with Crippen molar-refractivity contribution < 1.29 is 0 Å². The Bertz CT molecular complexity index is 350. The minimum absolute atomic E-state index is 0.249. The minimum atomic E-state index is 0.249. The zero-order chi connectivity index (χ0) is 15.9. The summed E-state index contributed by atoms with van der Waals surface area (Å²) in [4.78, 5) is 5.35. The van der Waals surface area contributed by atoms with Crippen LogP contribution in [-0.4, -0.2) is 53.6 Å². The predicted octanol–water partition coefficient (Wildman–Crippen LogP) is 2.95. The molecule has 2 unspecified atom stereocenters. The number of piperazine rings is 1. The fourth-order valence-corrected chi connectivity index (χ4v) is 4.65. The molecule has 0 spiro atoms. The van der Waals surface area contributed by atoms with Gasteiger partial charge in [0.2, 0.25) is 0 Å². The second-order valence-electron chi connectivity index (χ2n) is 9.22. The van der Waals surface area contributed by atoms with E-state index in [1.807, 2.05) is 0 Å². The maximum absolute atomic E-state index is 6.31. The monoisotopic (exact) mass is 295 g/mol. The van der Waals surface area contributed by atoms with Crippen molar-refractivity contribution in [3.05, 3.63) is 0 Å². The van der Waals surface area contributed by atoms with Crippen molar-refractivity contribution in [1.82, 2.24) is 9.80 Å². The Morgan fingerprint density at radius 3 is 2.05 bits per heavy atom. The van der Waals surface area contributed by atoms with Crippen LogP contribution in [0.1, 0.15) is 60.8 Å². The van der Waals surface area contributed by atoms with Crippen LogP contribution in [0.4, 0.5) is 0 Å². The average Bonchev–Trinajstić information content (AvgIpc) is 2.38. The summed E-state index contributed by atoms with van der Waals surface area (Å²) in [6, 6.07) is 0. The largest absolute Gasteiger partial charge is 0.329 e. The van der Waals surface area contributed by atoms with Gasteiger partial charge in [-0.1, -0.05) is 20.8 Å². The molecule has 1 heterocycles. The maximum Gasteiger partial charge on any atom is 0.0358 e. The van der Waals surface area contributed by atoms with E-state index >= 15 is 0 Å². The second-order valence-corrected chi connectivity index (χ2v) is 9.22. The summed E-state index contributed by atoms with van der Waals surface area (Å²) < 4.78 is 0. The van der Waals surface area contributed by atoms with Crippen LogP contribution in [0.3, 0.4) is 0 Å². The Morgan fingerprint density at radius 2 is 1.62 bits per heavy atom. The number of hydrogen-bond donors (Lipinski definition) is 1. The topological polar surface area (TPSA) is 32.5 Å². The highest BCUT2D eigenvalue weighted by molar-refractivity contribution is 5.03. The number of nitrogens with zero attached hydrogens (tertiary/aromatic N) is 2. The summed E-state index contributed by atoms with van der Waals surface area (Å²) in [6.45, 7) is 19.8. The third-order valence-corrected chi connectivity index (χ3v) is 6.22. The molecule has 1 saturated heterocycles. The van der Waals surface area contributed by atoms with E-state index in [1.54, 1.807) is 0 Å². The maximum atomic E-state index is 6.31. The number of hydrogen-bond acceptors (Lipinski definition) is 3. The van der Waals surface area contributed by atoms with Crippen LogP contribution in [0.5, 0.6) is 0 Å². The lowest BCUT2D eigenvalue weighted by atomic mass is 9.63. The van der Waals surface area contributed by atoms with Crippen LogP contribution in [0.15, 0.2) is 0 Å². The van der Waals surface area contributed by atoms with E-state index in [0.717, 1.165) is 6.54 Å². The molecular weight excluding hydrogens is 258 g/mol. The van der Waals surface area contributed by atoms with Gasteiger partial charge in [0.15, 0.2) is 0 Å². The molecule has 2 rings (SSSR count). The average molecular weight is 296 g/mol. The van der Waals surface area contributed by atoms with E-state index in [9.17, 15) is 0 Å². The van der Waals surface area contributed by atoms with Crippen molar-refractivity contribution >= 4 is 0 Å². The van der Waals surface area contributed by atoms with E-state index in [-0.39, 0.29) is 5.54 Å². The zero-order valence-electron chi connectivity index (χ0n) is 15.2. The molecule has 3 nitrogen and oxygen atoms in total. The molecule has 0 amide bonds. The lowest BCUT2D eigenvalue weighted by Gasteiger charge is -2.56. The Labute approximate surface area is 132 Å². The standard InChI is InChI=1S/C18H37N3/c1-15-13-17(5,6)7-8-18(15,14-19)21-11-9-20(10-12-21)16(2,3)4/h15H,7-14,19H2,1-6H3. The quantitative estimate of drug-likeness (QED) is 0.850. The molecule has 1 aliphatic heterocycles. The summed E-state index contributed by atoms with van der Waals surface area (Å²) in [5.41, 5.74) is 7.35. The molecule has 2 aliphatic rings. The molecule has 0 aromatic rings. The van der Waals surface area contributed by atoms with Gasteiger partial charge in [0.25, 0.3) is 0 Å². The second kappa shape index (κ2) is 5.82. The smallest absolute Gasteiger partial charge is 0.0358 e. The van der Waals surface area contributed by atoms with Crippen LogP contribution in [0, 0.1) is 11.3 Å². The number of rotatable bonds is 2. The van der Waals surface area contributed by atoms with Gasteiger partial charge in [-0.15, -0.1) is 0 Å². The fourth-order valence-electron chi connectivity index (χ4n) is 4.65. The van der Waals surface area contributed by atoms with E-state index < -0.39 is 0 Å². The van der Waals surface area contributed by atoms with Crippen LogP contribution >= 0.6 is 0 Å². The first-order valence-corrected chi connectivity index (χ1v) is 8.81. The summed E-state index contributed by atoms with van der Waals surface area (Å²) in [5, 5.41) is 0. The van der Waals surface area contributed by atoms with Gasteiger partial charge >= 0.3 is 0 Å². The SMILES string of the molecule is CC1CC(C)(C)CCC1(CN)N1CCN(C(C)(C)C)CC1. The molecule has 0 aromatic carbocycles. The molecule has 1 aliphatic carbocycles. The van der Waals surface area contributed by atoms with Crippen molar-refractivity contribution in [2.75, 3.05) is 32.7 Å². The van der Waals surface area contributed by atoms with Crippen molar-refractivity contribution in [1.29, 1.82) is 0 Å². The summed E-state index contributed by atoms with van der Waals surface area (Å²) >= 11 is 0. The number of nitrogens with two attached hydrogens (primary N) is 1. The first-order chi connectivity index (χ1) is 9.61. The van der Waals surface area contributed by atoms with Gasteiger partial charge < -0.3 is 5.73 Å². The van der Waals surface area contributed by atoms with Gasteiger partial charge in [0.05, 0.1) is 0 Å². The molecule has 0 bridgehead atoms. The van der Waals surface area contributed by atoms with E-state index in [4.69, 9.17) is 5.73 Å². The van der Waals surface area contributed by atoms with Gasteiger partial charge in [-0.2, -0.15) is 0 Å². The van der Waals surface area contributed by atoms with Crippen molar-refractivity contribution in [2.24, 2.45) is 17.1 Å². The van der Waals surface area contributed by atoms with Crippen molar-refractivity contribution in [2.45, 2.75) is 71.9 Å². The summed E-state index contributed by atoms with van der Waals surface area (Å²) in [6.07, 6.45) is 3.89. The van der Waals surface area contributed by atoms with Crippen LogP contribution in [0.25, 0.3) is 0 Å². The first-order valence-electron chi connectivity index (χ1n) is 8.81. The molecule has 2 atom stereocenters. The molecule has 0 aromatic heterocycles. The van der Waals surface area contributed by atoms with Gasteiger partial charge in [0.1, 0.15) is 0 Å². The minimum Gasteiger partial charge on any atom is -0.329 e. The lowest BCUT2D eigenvalue weighted by molar-refractivity contribution is -0.0569. The van der Waals surface area contributed by atoms with E-state index in [0.29, 0.717) is 16.9 Å². The molecule has 1 saturated carbocycles. The molecule has 2 N–H and O–H groups in total. The first kappa shape index (κ1) is 17.2. The van der Waals surface area contributed by atoms with Crippen LogP contribution in [-0.2, 0) is 0 Å². The zero-order valence-corrected chi connectivity index (χ0v) is 15.2. The van der Waals surface area contributed by atoms with Crippen molar-refractivity contribution in [3.8, 4) is 0 Å². The van der Waals surface area contributed by atoms with Gasteiger partial charge in [0, 0.05) is 43.8 Å². The van der Waals surface area contributed by atoms with Gasteiger partial charge in [-0.3, -0.25) is 9.80 Å². The predicted molar refractivity (Wildman–Crippen MR) is 91.5 cm³/mol.